The number of benzene rings is 1. The maximum Gasteiger partial charge on any atom is 0.265 e. The van der Waals surface area contributed by atoms with E-state index in [0.29, 0.717) is 10.4 Å². The van der Waals surface area contributed by atoms with E-state index in [1.165, 1.54) is 24.5 Å². The maximum atomic E-state index is 13.0. The molecule has 0 aliphatic heterocycles. The molecule has 0 saturated carbocycles. The molecule has 0 saturated heterocycles. The third-order valence-corrected chi connectivity index (χ3v) is 4.31. The number of aromatic nitrogens is 2. The first-order valence-corrected chi connectivity index (χ1v) is 7.67. The van der Waals surface area contributed by atoms with Crippen LogP contribution in [-0.4, -0.2) is 25.4 Å². The van der Waals surface area contributed by atoms with Crippen molar-refractivity contribution in [2.24, 2.45) is 0 Å². The van der Waals surface area contributed by atoms with Crippen molar-refractivity contribution >= 4 is 37.6 Å². The molecule has 2 N–H and O–H groups in total. The zero-order valence-electron chi connectivity index (χ0n) is 10.3. The molecule has 0 aliphatic rings. The van der Waals surface area contributed by atoms with Crippen LogP contribution in [0.2, 0.25) is 0 Å². The fraction of sp³-hybridized carbons (Fsp3) is 0.0909. The maximum absolute atomic E-state index is 13.0. The lowest BCUT2D eigenvalue weighted by molar-refractivity contribution is 0.600. The molecule has 0 aliphatic carbocycles. The van der Waals surface area contributed by atoms with Crippen molar-refractivity contribution in [3.05, 3.63) is 40.9 Å². The summed E-state index contributed by atoms with van der Waals surface area (Å²) in [6, 6.07) is 3.64. The van der Waals surface area contributed by atoms with Crippen LogP contribution in [0.15, 0.2) is 40.0 Å². The Kier molecular flexibility index (Phi) is 4.19. The second-order valence-corrected chi connectivity index (χ2v) is 6.26. The van der Waals surface area contributed by atoms with E-state index in [0.717, 1.165) is 6.07 Å². The Labute approximate surface area is 123 Å². The summed E-state index contributed by atoms with van der Waals surface area (Å²) in [6.45, 7) is 0. The van der Waals surface area contributed by atoms with Crippen molar-refractivity contribution in [3.8, 4) is 0 Å². The van der Waals surface area contributed by atoms with Crippen LogP contribution in [0.5, 0.6) is 0 Å². The smallest absolute Gasteiger partial charge is 0.265 e. The van der Waals surface area contributed by atoms with Crippen LogP contribution in [0.4, 0.5) is 16.0 Å². The molecule has 0 spiro atoms. The first-order chi connectivity index (χ1) is 9.42. The Balaban J connectivity index is 2.30. The normalized spacial score (nSPS) is 11.2. The predicted octanol–water partition coefficient (Wildman–Crippen LogP) is 2.22. The first kappa shape index (κ1) is 14.7. The van der Waals surface area contributed by atoms with E-state index in [1.807, 2.05) is 0 Å². The molecule has 1 aromatic heterocycles. The van der Waals surface area contributed by atoms with Crippen LogP contribution >= 0.6 is 15.9 Å². The topological polar surface area (TPSA) is 84.0 Å². The van der Waals surface area contributed by atoms with Gasteiger partial charge in [-0.2, -0.15) is 0 Å². The average Bonchev–Trinajstić information content (AvgIpc) is 2.42. The summed E-state index contributed by atoms with van der Waals surface area (Å²) >= 11 is 3.09. The molecule has 1 aromatic carbocycles. The molecular weight excluding hydrogens is 351 g/mol. The van der Waals surface area contributed by atoms with Gasteiger partial charge in [-0.3, -0.25) is 4.72 Å². The summed E-state index contributed by atoms with van der Waals surface area (Å²) in [5, 5.41) is 2.68. The minimum atomic E-state index is -3.83. The summed E-state index contributed by atoms with van der Waals surface area (Å²) in [5.74, 6) is -0.159. The van der Waals surface area contributed by atoms with Crippen LogP contribution < -0.4 is 10.0 Å². The van der Waals surface area contributed by atoms with E-state index in [1.54, 1.807) is 7.05 Å². The van der Waals surface area contributed by atoms with E-state index >= 15 is 0 Å². The highest BCUT2D eigenvalue weighted by Gasteiger charge is 2.17. The van der Waals surface area contributed by atoms with Gasteiger partial charge in [0.25, 0.3) is 10.0 Å². The quantitative estimate of drug-likeness (QED) is 0.873. The molecule has 0 amide bonds. The number of sulfonamides is 1. The van der Waals surface area contributed by atoms with E-state index in [-0.39, 0.29) is 10.6 Å². The van der Waals surface area contributed by atoms with E-state index in [2.05, 4.69) is 35.9 Å². The number of hydrogen-bond acceptors (Lipinski definition) is 5. The monoisotopic (exact) mass is 360 g/mol. The van der Waals surface area contributed by atoms with Gasteiger partial charge in [0.05, 0.1) is 18.1 Å². The van der Waals surface area contributed by atoms with Gasteiger partial charge in [-0.15, -0.1) is 0 Å². The molecule has 0 radical (unpaired) electrons. The van der Waals surface area contributed by atoms with Gasteiger partial charge < -0.3 is 5.32 Å². The van der Waals surface area contributed by atoms with Crippen molar-refractivity contribution < 1.29 is 12.8 Å². The van der Waals surface area contributed by atoms with Gasteiger partial charge in [0, 0.05) is 11.5 Å². The lowest BCUT2D eigenvalue weighted by atomic mass is 10.3. The van der Waals surface area contributed by atoms with Crippen molar-refractivity contribution in [2.75, 3.05) is 17.1 Å². The van der Waals surface area contributed by atoms with Gasteiger partial charge >= 0.3 is 0 Å². The van der Waals surface area contributed by atoms with E-state index in [9.17, 15) is 12.8 Å². The van der Waals surface area contributed by atoms with Gasteiger partial charge in [-0.05, 0) is 34.1 Å². The average molecular weight is 361 g/mol. The summed E-state index contributed by atoms with van der Waals surface area (Å²) in [6.07, 6.45) is 2.36. The molecule has 9 heteroatoms. The SMILES string of the molecule is CNc1ncc(S(=O)(=O)Nc2ccc(F)cc2Br)cn1. The molecular formula is C11H10BrFN4O2S. The van der Waals surface area contributed by atoms with Gasteiger partial charge in [-0.25, -0.2) is 22.8 Å². The summed E-state index contributed by atoms with van der Waals surface area (Å²) in [7, 11) is -2.21. The molecule has 20 heavy (non-hydrogen) atoms. The Hall–Kier alpha value is -1.74. The van der Waals surface area contributed by atoms with E-state index < -0.39 is 15.8 Å². The Morgan fingerprint density at radius 1 is 1.25 bits per heavy atom. The van der Waals surface area contributed by atoms with Crippen molar-refractivity contribution in [2.45, 2.75) is 4.90 Å². The van der Waals surface area contributed by atoms with Gasteiger partial charge in [-0.1, -0.05) is 0 Å². The highest BCUT2D eigenvalue weighted by molar-refractivity contribution is 9.10. The molecule has 106 valence electrons. The van der Waals surface area contributed by atoms with Crippen LogP contribution in [-0.2, 0) is 10.0 Å². The molecule has 6 nitrogen and oxygen atoms in total. The van der Waals surface area contributed by atoms with Gasteiger partial charge in [0.1, 0.15) is 10.7 Å². The lowest BCUT2D eigenvalue weighted by Gasteiger charge is -2.09. The highest BCUT2D eigenvalue weighted by Crippen LogP contribution is 2.25. The number of nitrogens with one attached hydrogen (secondary N) is 2. The van der Waals surface area contributed by atoms with Crippen LogP contribution in [0, 0.1) is 5.82 Å². The Morgan fingerprint density at radius 2 is 1.90 bits per heavy atom. The lowest BCUT2D eigenvalue weighted by Crippen LogP contribution is -2.14. The van der Waals surface area contributed by atoms with Crippen molar-refractivity contribution in [1.29, 1.82) is 0 Å². The number of rotatable bonds is 4. The zero-order chi connectivity index (χ0) is 14.8. The fourth-order valence-electron chi connectivity index (χ4n) is 1.36. The first-order valence-electron chi connectivity index (χ1n) is 5.40. The highest BCUT2D eigenvalue weighted by atomic mass is 79.9. The minimum Gasteiger partial charge on any atom is -0.357 e. The second-order valence-electron chi connectivity index (χ2n) is 3.72. The molecule has 0 fully saturated rings. The third kappa shape index (κ3) is 3.23. The summed E-state index contributed by atoms with van der Waals surface area (Å²) < 4.78 is 39.8. The largest absolute Gasteiger partial charge is 0.357 e. The van der Waals surface area contributed by atoms with Crippen LogP contribution in [0.25, 0.3) is 0 Å². The summed E-state index contributed by atoms with van der Waals surface area (Å²) in [4.78, 5) is 7.57. The van der Waals surface area contributed by atoms with Crippen molar-refractivity contribution in [1.82, 2.24) is 9.97 Å². The predicted molar refractivity (Wildman–Crippen MR) is 76.5 cm³/mol. The Bertz CT molecular complexity index is 722. The van der Waals surface area contributed by atoms with Crippen LogP contribution in [0.3, 0.4) is 0 Å². The van der Waals surface area contributed by atoms with E-state index in [4.69, 9.17) is 0 Å². The number of anilines is 2. The zero-order valence-corrected chi connectivity index (χ0v) is 12.7. The molecule has 2 rings (SSSR count). The third-order valence-electron chi connectivity index (χ3n) is 2.34. The minimum absolute atomic E-state index is 0.0901. The van der Waals surface area contributed by atoms with Crippen molar-refractivity contribution in [3.63, 3.8) is 0 Å². The van der Waals surface area contributed by atoms with Gasteiger partial charge in [0.2, 0.25) is 5.95 Å². The molecule has 0 unspecified atom stereocenters. The van der Waals surface area contributed by atoms with Crippen LogP contribution in [0.1, 0.15) is 0 Å². The molecule has 1 heterocycles. The fourth-order valence-corrected chi connectivity index (χ4v) is 2.91. The second kappa shape index (κ2) is 5.71. The number of hydrogen-bond donors (Lipinski definition) is 2. The standard InChI is InChI=1S/C11H10BrFN4O2S/c1-14-11-15-5-8(6-16-11)20(18,19)17-10-3-2-7(13)4-9(10)12/h2-6,17H,1H3,(H,14,15,16). The van der Waals surface area contributed by atoms with Gasteiger partial charge in [0.15, 0.2) is 0 Å². The Morgan fingerprint density at radius 3 is 2.45 bits per heavy atom. The molecule has 0 bridgehead atoms. The summed E-state index contributed by atoms with van der Waals surface area (Å²) in [5.41, 5.74) is 0.226. The number of halogens is 2. The number of nitrogens with zero attached hydrogens (tertiary/aromatic N) is 2. The molecule has 2 aromatic rings. The molecule has 0 atom stereocenters.